The molecule has 0 spiro atoms. The summed E-state index contributed by atoms with van der Waals surface area (Å²) >= 11 is 0. The summed E-state index contributed by atoms with van der Waals surface area (Å²) in [6.45, 7) is 1.52. The van der Waals surface area contributed by atoms with Gasteiger partial charge in [-0.2, -0.15) is 0 Å². The normalized spacial score (nSPS) is 12.2. The number of hydrogen-bond donors (Lipinski definition) is 0. The van der Waals surface area contributed by atoms with Crippen molar-refractivity contribution >= 4 is 5.78 Å². The molecule has 0 amide bonds. The van der Waals surface area contributed by atoms with Gasteiger partial charge in [0.05, 0.1) is 0 Å². The molecule has 1 atom stereocenters. The van der Waals surface area contributed by atoms with Crippen molar-refractivity contribution in [3.63, 3.8) is 0 Å². The molecule has 0 aliphatic rings. The molecule has 2 nitrogen and oxygen atoms in total. The third-order valence-electron chi connectivity index (χ3n) is 2.85. The SMILES string of the molecule is Cc1cc(C(=O)C([O])c2ccc(F)cc2)ccc1F. The fourth-order valence-electron chi connectivity index (χ4n) is 1.74. The number of Topliss-reactive ketones (excluding diaryl/α,β-unsaturated/α-hetero) is 1. The van der Waals surface area contributed by atoms with Crippen molar-refractivity contribution in [1.82, 2.24) is 0 Å². The van der Waals surface area contributed by atoms with E-state index in [0.717, 1.165) is 18.2 Å². The van der Waals surface area contributed by atoms with Gasteiger partial charge in [-0.05, 0) is 48.4 Å². The van der Waals surface area contributed by atoms with Gasteiger partial charge < -0.3 is 0 Å². The molecular weight excluding hydrogens is 250 g/mol. The Morgan fingerprint density at radius 2 is 1.68 bits per heavy atom. The van der Waals surface area contributed by atoms with Crippen LogP contribution in [0.5, 0.6) is 0 Å². The van der Waals surface area contributed by atoms with Crippen molar-refractivity contribution in [2.24, 2.45) is 0 Å². The van der Waals surface area contributed by atoms with Crippen LogP contribution in [0.15, 0.2) is 42.5 Å². The number of benzene rings is 2. The highest BCUT2D eigenvalue weighted by Gasteiger charge is 2.21. The summed E-state index contributed by atoms with van der Waals surface area (Å²) in [5.74, 6) is -1.56. The molecule has 0 saturated heterocycles. The molecule has 4 heteroatoms. The molecule has 1 radical (unpaired) electrons. The first-order valence-electron chi connectivity index (χ1n) is 5.70. The van der Waals surface area contributed by atoms with E-state index < -0.39 is 23.5 Å². The zero-order chi connectivity index (χ0) is 14.0. The third kappa shape index (κ3) is 2.85. The molecule has 0 saturated carbocycles. The highest BCUT2D eigenvalue weighted by molar-refractivity contribution is 5.99. The number of aryl methyl sites for hydroxylation is 1. The van der Waals surface area contributed by atoms with E-state index in [9.17, 15) is 18.7 Å². The predicted octanol–water partition coefficient (Wildman–Crippen LogP) is 3.63. The number of carbonyl (C=O) groups excluding carboxylic acids is 1. The van der Waals surface area contributed by atoms with Gasteiger partial charge in [0.25, 0.3) is 0 Å². The number of ketones is 1. The first kappa shape index (κ1) is 13.4. The predicted molar refractivity (Wildman–Crippen MR) is 65.3 cm³/mol. The average Bonchev–Trinajstić information content (AvgIpc) is 2.41. The number of carbonyl (C=O) groups is 1. The van der Waals surface area contributed by atoms with Gasteiger partial charge in [0.15, 0.2) is 11.9 Å². The highest BCUT2D eigenvalue weighted by Crippen LogP contribution is 2.20. The molecule has 1 unspecified atom stereocenters. The lowest BCUT2D eigenvalue weighted by Gasteiger charge is -2.08. The second kappa shape index (κ2) is 5.28. The summed E-state index contributed by atoms with van der Waals surface area (Å²) in [5, 5.41) is 12.0. The van der Waals surface area contributed by atoms with Gasteiger partial charge >= 0.3 is 0 Å². The summed E-state index contributed by atoms with van der Waals surface area (Å²) in [7, 11) is 0. The van der Waals surface area contributed by atoms with Gasteiger partial charge in [0.2, 0.25) is 0 Å². The summed E-state index contributed by atoms with van der Waals surface area (Å²) in [4.78, 5) is 12.0. The van der Waals surface area contributed by atoms with E-state index in [4.69, 9.17) is 0 Å². The van der Waals surface area contributed by atoms with Crippen LogP contribution >= 0.6 is 0 Å². The van der Waals surface area contributed by atoms with E-state index in [-0.39, 0.29) is 11.1 Å². The Morgan fingerprint density at radius 3 is 2.26 bits per heavy atom. The summed E-state index contributed by atoms with van der Waals surface area (Å²) in [5.41, 5.74) is 0.647. The van der Waals surface area contributed by atoms with E-state index in [0.29, 0.717) is 5.56 Å². The molecule has 97 valence electrons. The van der Waals surface area contributed by atoms with Crippen molar-refractivity contribution in [1.29, 1.82) is 0 Å². The molecule has 2 aromatic carbocycles. The molecular formula is C15H11F2O2. The Hall–Kier alpha value is -2.07. The van der Waals surface area contributed by atoms with Crippen molar-refractivity contribution in [2.75, 3.05) is 0 Å². The van der Waals surface area contributed by atoms with E-state index in [1.54, 1.807) is 0 Å². The highest BCUT2D eigenvalue weighted by atomic mass is 19.1. The second-order valence-corrected chi connectivity index (χ2v) is 4.26. The molecule has 0 aliphatic heterocycles. The van der Waals surface area contributed by atoms with Crippen LogP contribution < -0.4 is 0 Å². The molecule has 19 heavy (non-hydrogen) atoms. The lowest BCUT2D eigenvalue weighted by atomic mass is 9.99. The number of rotatable bonds is 3. The fraction of sp³-hybridized carbons (Fsp3) is 0.133. The largest absolute Gasteiger partial charge is 0.291 e. The maximum Gasteiger partial charge on any atom is 0.199 e. The van der Waals surface area contributed by atoms with Crippen LogP contribution in [0.1, 0.15) is 27.6 Å². The van der Waals surface area contributed by atoms with Gasteiger partial charge in [-0.1, -0.05) is 12.1 Å². The summed E-state index contributed by atoms with van der Waals surface area (Å²) < 4.78 is 25.8. The maximum atomic E-state index is 13.1. The molecule has 0 heterocycles. The summed E-state index contributed by atoms with van der Waals surface area (Å²) in [6, 6.07) is 8.58. The Labute approximate surface area is 109 Å². The second-order valence-electron chi connectivity index (χ2n) is 4.26. The van der Waals surface area contributed by atoms with Crippen LogP contribution in [-0.2, 0) is 5.11 Å². The first-order chi connectivity index (χ1) is 8.99. The van der Waals surface area contributed by atoms with Crippen molar-refractivity contribution in [2.45, 2.75) is 13.0 Å². The van der Waals surface area contributed by atoms with Crippen LogP contribution in [0.3, 0.4) is 0 Å². The fourth-order valence-corrected chi connectivity index (χ4v) is 1.74. The maximum absolute atomic E-state index is 13.1. The van der Waals surface area contributed by atoms with Gasteiger partial charge in [-0.15, -0.1) is 0 Å². The Bertz CT molecular complexity index is 606. The zero-order valence-corrected chi connectivity index (χ0v) is 10.2. The minimum Gasteiger partial charge on any atom is -0.291 e. The van der Waals surface area contributed by atoms with Crippen LogP contribution in [0, 0.1) is 18.6 Å². The number of halogens is 2. The lowest BCUT2D eigenvalue weighted by Crippen LogP contribution is -2.11. The Balaban J connectivity index is 2.28. The van der Waals surface area contributed by atoms with E-state index in [2.05, 4.69) is 0 Å². The minimum atomic E-state index is -1.63. The van der Waals surface area contributed by atoms with Crippen molar-refractivity contribution < 1.29 is 18.7 Å². The standard InChI is InChI=1S/C15H11F2O2/c1-9-8-11(4-7-13(9)17)15(19)14(18)10-2-5-12(16)6-3-10/h2-8,14H,1H3. The summed E-state index contributed by atoms with van der Waals surface area (Å²) in [6.07, 6.45) is -1.63. The molecule has 0 aliphatic carbocycles. The van der Waals surface area contributed by atoms with Gasteiger partial charge in [0, 0.05) is 5.56 Å². The molecule has 2 rings (SSSR count). The lowest BCUT2D eigenvalue weighted by molar-refractivity contribution is 0.0544. The van der Waals surface area contributed by atoms with Crippen molar-refractivity contribution in [3.8, 4) is 0 Å². The van der Waals surface area contributed by atoms with Crippen LogP contribution in [0.2, 0.25) is 0 Å². The molecule has 0 fully saturated rings. The molecule has 0 aromatic heterocycles. The van der Waals surface area contributed by atoms with Gasteiger partial charge in [-0.3, -0.25) is 4.79 Å². The van der Waals surface area contributed by atoms with E-state index in [1.807, 2.05) is 0 Å². The zero-order valence-electron chi connectivity index (χ0n) is 10.2. The quantitative estimate of drug-likeness (QED) is 0.777. The van der Waals surface area contributed by atoms with E-state index in [1.165, 1.54) is 31.2 Å². The monoisotopic (exact) mass is 261 g/mol. The Morgan fingerprint density at radius 1 is 1.05 bits per heavy atom. The van der Waals surface area contributed by atoms with Crippen LogP contribution in [0.25, 0.3) is 0 Å². The molecule has 0 N–H and O–H groups in total. The number of hydrogen-bond acceptors (Lipinski definition) is 1. The topological polar surface area (TPSA) is 37.0 Å². The van der Waals surface area contributed by atoms with Crippen molar-refractivity contribution in [3.05, 3.63) is 70.8 Å². The van der Waals surface area contributed by atoms with E-state index >= 15 is 0 Å². The minimum absolute atomic E-state index is 0.156. The Kier molecular flexibility index (Phi) is 3.71. The molecule has 0 bridgehead atoms. The first-order valence-corrected chi connectivity index (χ1v) is 5.70. The average molecular weight is 261 g/mol. The van der Waals surface area contributed by atoms with Crippen LogP contribution in [0.4, 0.5) is 8.78 Å². The third-order valence-corrected chi connectivity index (χ3v) is 2.85. The van der Waals surface area contributed by atoms with Crippen LogP contribution in [-0.4, -0.2) is 5.78 Å². The van der Waals surface area contributed by atoms with Gasteiger partial charge in [-0.25, -0.2) is 13.9 Å². The smallest absolute Gasteiger partial charge is 0.199 e. The molecule has 2 aromatic rings. The van der Waals surface area contributed by atoms with Gasteiger partial charge in [0.1, 0.15) is 11.6 Å².